The Morgan fingerprint density at radius 1 is 1.06 bits per heavy atom. The Morgan fingerprint density at radius 3 is 2.42 bits per heavy atom. The summed E-state index contributed by atoms with van der Waals surface area (Å²) in [6.07, 6.45) is -0.269. The number of ether oxygens (including phenoxy) is 1. The van der Waals surface area contributed by atoms with Crippen molar-refractivity contribution in [3.8, 4) is 11.1 Å². The van der Waals surface area contributed by atoms with Crippen molar-refractivity contribution >= 4 is 33.6 Å². The van der Waals surface area contributed by atoms with Crippen LogP contribution in [0.15, 0.2) is 71.2 Å². The van der Waals surface area contributed by atoms with Crippen LogP contribution in [0.4, 0.5) is 4.79 Å². The summed E-state index contributed by atoms with van der Waals surface area (Å²) >= 11 is 9.71. The highest BCUT2D eigenvalue weighted by Gasteiger charge is 2.31. The van der Waals surface area contributed by atoms with Gasteiger partial charge in [0, 0.05) is 35.0 Å². The number of fused-ring (bicyclic) bond motifs is 3. The molecule has 31 heavy (non-hydrogen) atoms. The minimum atomic E-state index is -0.269. The highest BCUT2D eigenvalue weighted by Crippen LogP contribution is 2.44. The van der Waals surface area contributed by atoms with Crippen LogP contribution in [0.5, 0.6) is 0 Å². The van der Waals surface area contributed by atoms with Gasteiger partial charge in [-0.2, -0.15) is 0 Å². The van der Waals surface area contributed by atoms with Crippen LogP contribution < -0.4 is 5.32 Å². The molecule has 1 heterocycles. The molecule has 0 spiro atoms. The zero-order valence-corrected chi connectivity index (χ0v) is 19.2. The van der Waals surface area contributed by atoms with Crippen LogP contribution in [-0.4, -0.2) is 37.2 Å². The molecule has 1 aliphatic carbocycles. The lowest BCUT2D eigenvalue weighted by atomic mass is 9.98. The Hall–Kier alpha value is -2.34. The largest absolute Gasteiger partial charge is 0.448 e. The number of hydrogen-bond acceptors (Lipinski definition) is 3. The molecule has 5 rings (SSSR count). The Bertz CT molecular complexity index is 1070. The van der Waals surface area contributed by atoms with Gasteiger partial charge < -0.3 is 15.0 Å². The van der Waals surface area contributed by atoms with E-state index in [0.29, 0.717) is 31.3 Å². The molecule has 0 radical (unpaired) electrons. The average molecular weight is 498 g/mol. The molecule has 0 bridgehead atoms. The minimum Gasteiger partial charge on any atom is -0.448 e. The Labute approximate surface area is 195 Å². The van der Waals surface area contributed by atoms with E-state index in [9.17, 15) is 4.79 Å². The summed E-state index contributed by atoms with van der Waals surface area (Å²) in [5.74, 6) is 0.0685. The summed E-state index contributed by atoms with van der Waals surface area (Å²) in [5, 5.41) is 4.14. The molecule has 158 valence electrons. The van der Waals surface area contributed by atoms with E-state index in [-0.39, 0.29) is 18.1 Å². The van der Waals surface area contributed by atoms with Crippen molar-refractivity contribution in [2.75, 3.05) is 26.2 Å². The zero-order valence-electron chi connectivity index (χ0n) is 16.9. The molecule has 1 aliphatic heterocycles. The fourth-order valence-electron chi connectivity index (χ4n) is 4.60. The van der Waals surface area contributed by atoms with Crippen molar-refractivity contribution in [3.63, 3.8) is 0 Å². The SMILES string of the molecule is O=C(OCC1c2ccccc2-c2ccccc21)N1CCNC(c2cc(Cl)cc(Br)c2)C1. The lowest BCUT2D eigenvalue weighted by Gasteiger charge is -2.33. The Morgan fingerprint density at radius 2 is 1.74 bits per heavy atom. The molecule has 4 nitrogen and oxygen atoms in total. The first-order chi connectivity index (χ1) is 15.1. The topological polar surface area (TPSA) is 41.6 Å². The Balaban J connectivity index is 1.29. The maximum atomic E-state index is 12.9. The molecule has 1 N–H and O–H groups in total. The predicted molar refractivity (Wildman–Crippen MR) is 127 cm³/mol. The maximum Gasteiger partial charge on any atom is 0.409 e. The van der Waals surface area contributed by atoms with Gasteiger partial charge in [-0.15, -0.1) is 0 Å². The highest BCUT2D eigenvalue weighted by molar-refractivity contribution is 9.10. The van der Waals surface area contributed by atoms with E-state index in [4.69, 9.17) is 16.3 Å². The van der Waals surface area contributed by atoms with E-state index < -0.39 is 0 Å². The monoisotopic (exact) mass is 496 g/mol. The van der Waals surface area contributed by atoms with Gasteiger partial charge in [0.05, 0.1) is 6.04 Å². The van der Waals surface area contributed by atoms with Crippen LogP contribution in [0.1, 0.15) is 28.7 Å². The molecule has 1 fully saturated rings. The van der Waals surface area contributed by atoms with E-state index in [2.05, 4.69) is 57.6 Å². The molecule has 3 aromatic carbocycles. The number of carbonyl (C=O) groups excluding carboxylic acids is 1. The molecule has 1 unspecified atom stereocenters. The summed E-state index contributed by atoms with van der Waals surface area (Å²) in [7, 11) is 0. The lowest BCUT2D eigenvalue weighted by Crippen LogP contribution is -2.48. The van der Waals surface area contributed by atoms with Gasteiger partial charge in [0.15, 0.2) is 0 Å². The summed E-state index contributed by atoms with van der Waals surface area (Å²) in [6.45, 7) is 2.21. The van der Waals surface area contributed by atoms with Crippen LogP contribution >= 0.6 is 27.5 Å². The predicted octanol–water partition coefficient (Wildman–Crippen LogP) is 6.00. The van der Waals surface area contributed by atoms with Gasteiger partial charge in [0.1, 0.15) is 6.61 Å². The maximum absolute atomic E-state index is 12.9. The van der Waals surface area contributed by atoms with Crippen LogP contribution in [0.25, 0.3) is 11.1 Å². The number of nitrogens with one attached hydrogen (secondary N) is 1. The van der Waals surface area contributed by atoms with Crippen LogP contribution in [0.2, 0.25) is 5.02 Å². The van der Waals surface area contributed by atoms with E-state index in [0.717, 1.165) is 10.0 Å². The zero-order chi connectivity index (χ0) is 21.4. The molecule has 0 saturated carbocycles. The number of piperazine rings is 1. The number of nitrogens with zero attached hydrogens (tertiary/aromatic N) is 1. The average Bonchev–Trinajstić information content (AvgIpc) is 3.11. The van der Waals surface area contributed by atoms with Gasteiger partial charge >= 0.3 is 6.09 Å². The third-order valence-corrected chi connectivity index (χ3v) is 6.73. The minimum absolute atomic E-state index is 0.0178. The second-order valence-electron chi connectivity index (χ2n) is 7.96. The van der Waals surface area contributed by atoms with E-state index >= 15 is 0 Å². The number of hydrogen-bond donors (Lipinski definition) is 1. The van der Waals surface area contributed by atoms with Crippen LogP contribution in [-0.2, 0) is 4.74 Å². The second-order valence-corrected chi connectivity index (χ2v) is 9.31. The highest BCUT2D eigenvalue weighted by atomic mass is 79.9. The van der Waals surface area contributed by atoms with Gasteiger partial charge in [0.2, 0.25) is 0 Å². The van der Waals surface area contributed by atoms with Crippen molar-refractivity contribution in [2.24, 2.45) is 0 Å². The first-order valence-corrected chi connectivity index (χ1v) is 11.6. The lowest BCUT2D eigenvalue weighted by molar-refractivity contribution is 0.0883. The molecule has 0 aromatic heterocycles. The third-order valence-electron chi connectivity index (χ3n) is 6.06. The summed E-state index contributed by atoms with van der Waals surface area (Å²) in [6, 6.07) is 22.6. The molecule has 1 amide bonds. The van der Waals surface area contributed by atoms with Crippen LogP contribution in [0, 0.1) is 0 Å². The first kappa shape index (κ1) is 20.6. The first-order valence-electron chi connectivity index (χ1n) is 10.4. The fraction of sp³-hybridized carbons (Fsp3) is 0.240. The molecule has 2 aliphatic rings. The van der Waals surface area contributed by atoms with Gasteiger partial charge in [-0.1, -0.05) is 76.1 Å². The van der Waals surface area contributed by atoms with Gasteiger partial charge in [-0.25, -0.2) is 4.79 Å². The van der Waals surface area contributed by atoms with Gasteiger partial charge in [0.25, 0.3) is 0 Å². The third kappa shape index (κ3) is 4.10. The van der Waals surface area contributed by atoms with Gasteiger partial charge in [-0.3, -0.25) is 0 Å². The summed E-state index contributed by atoms with van der Waals surface area (Å²) in [5.41, 5.74) is 5.95. The number of amides is 1. The molecular formula is C25H22BrClN2O2. The van der Waals surface area contributed by atoms with Crippen LogP contribution in [0.3, 0.4) is 0 Å². The fourth-order valence-corrected chi connectivity index (χ4v) is 5.49. The van der Waals surface area contributed by atoms with E-state index in [1.165, 1.54) is 22.3 Å². The Kier molecular flexibility index (Phi) is 5.74. The quantitative estimate of drug-likeness (QED) is 0.483. The number of benzene rings is 3. The molecule has 3 aromatic rings. The van der Waals surface area contributed by atoms with Crippen molar-refractivity contribution < 1.29 is 9.53 Å². The van der Waals surface area contributed by atoms with Crippen molar-refractivity contribution in [1.82, 2.24) is 10.2 Å². The standard InChI is InChI=1S/C25H22BrClN2O2/c26-17-11-16(12-18(27)13-17)24-14-29(10-9-28-24)25(30)31-15-23-21-7-3-1-5-19(21)20-6-2-4-8-22(20)23/h1-8,11-13,23-24,28H,9-10,14-15H2. The second kappa shape index (κ2) is 8.65. The summed E-state index contributed by atoms with van der Waals surface area (Å²) in [4.78, 5) is 14.7. The smallest absolute Gasteiger partial charge is 0.409 e. The number of carbonyl (C=O) groups is 1. The van der Waals surface area contributed by atoms with Gasteiger partial charge in [-0.05, 0) is 46.0 Å². The van der Waals surface area contributed by atoms with Crippen molar-refractivity contribution in [2.45, 2.75) is 12.0 Å². The molecule has 1 saturated heterocycles. The normalized spacial score (nSPS) is 17.9. The molecule has 1 atom stereocenters. The number of rotatable bonds is 3. The number of halogens is 2. The molecule has 6 heteroatoms. The van der Waals surface area contributed by atoms with Crippen molar-refractivity contribution in [1.29, 1.82) is 0 Å². The van der Waals surface area contributed by atoms with E-state index in [1.54, 1.807) is 4.90 Å². The van der Waals surface area contributed by atoms with E-state index in [1.807, 2.05) is 30.3 Å². The molecular weight excluding hydrogens is 476 g/mol. The van der Waals surface area contributed by atoms with Crippen molar-refractivity contribution in [3.05, 3.63) is 92.9 Å². The summed E-state index contributed by atoms with van der Waals surface area (Å²) < 4.78 is 6.76.